The third kappa shape index (κ3) is 4.95. The van der Waals surface area contributed by atoms with Crippen LogP contribution in [0.25, 0.3) is 0 Å². The summed E-state index contributed by atoms with van der Waals surface area (Å²) in [5.41, 5.74) is 0. The molecule has 116 valence electrons. The summed E-state index contributed by atoms with van der Waals surface area (Å²) in [4.78, 5) is 17.9. The van der Waals surface area contributed by atoms with Crippen molar-refractivity contribution in [1.82, 2.24) is 15.1 Å². The molecule has 2 unspecified atom stereocenters. The van der Waals surface area contributed by atoms with E-state index in [4.69, 9.17) is 0 Å². The van der Waals surface area contributed by atoms with Gasteiger partial charge in [0.1, 0.15) is 0 Å². The van der Waals surface area contributed by atoms with Crippen LogP contribution in [0.15, 0.2) is 30.2 Å². The lowest BCUT2D eigenvalue weighted by molar-refractivity contribution is -0.132. The van der Waals surface area contributed by atoms with E-state index in [9.17, 15) is 4.79 Å². The fraction of sp³-hybridized carbons (Fsp3) is 0.562. The van der Waals surface area contributed by atoms with Gasteiger partial charge < -0.3 is 10.2 Å². The topological polar surface area (TPSA) is 35.6 Å². The zero-order valence-electron chi connectivity index (χ0n) is 12.9. The van der Waals surface area contributed by atoms with Gasteiger partial charge in [-0.05, 0) is 25.3 Å². The molecule has 1 amide bonds. The summed E-state index contributed by atoms with van der Waals surface area (Å²) < 4.78 is 0. The van der Waals surface area contributed by atoms with Crippen LogP contribution in [-0.4, -0.2) is 54.0 Å². The molecule has 1 aliphatic rings. The largest absolute Gasteiger partial charge is 0.333 e. The van der Waals surface area contributed by atoms with E-state index in [2.05, 4.69) is 36.7 Å². The Labute approximate surface area is 131 Å². The number of piperazine rings is 1. The molecule has 0 saturated carbocycles. The summed E-state index contributed by atoms with van der Waals surface area (Å²) in [6, 6.07) is 4.97. The maximum atomic E-state index is 12.6. The Morgan fingerprint density at radius 1 is 1.52 bits per heavy atom. The lowest BCUT2D eigenvalue weighted by atomic mass is 10.1. The number of thiophene rings is 1. The van der Waals surface area contributed by atoms with Crippen molar-refractivity contribution in [3.8, 4) is 0 Å². The molecule has 0 aromatic carbocycles. The van der Waals surface area contributed by atoms with Gasteiger partial charge >= 0.3 is 0 Å². The maximum Gasteiger partial charge on any atom is 0.237 e. The van der Waals surface area contributed by atoms with Crippen LogP contribution in [-0.2, 0) is 11.3 Å². The Hall–Kier alpha value is -1.17. The van der Waals surface area contributed by atoms with Crippen molar-refractivity contribution in [2.24, 2.45) is 0 Å². The molecule has 1 aromatic heterocycles. The lowest BCUT2D eigenvalue weighted by Crippen LogP contribution is -2.56. The van der Waals surface area contributed by atoms with Gasteiger partial charge in [-0.3, -0.25) is 9.69 Å². The molecular formula is C16H25N3OS. The number of carbonyl (C=O) groups is 1. The maximum absolute atomic E-state index is 12.6. The molecule has 4 nitrogen and oxygen atoms in total. The second-order valence-corrected chi connectivity index (χ2v) is 6.84. The molecule has 1 saturated heterocycles. The van der Waals surface area contributed by atoms with Gasteiger partial charge in [-0.2, -0.15) is 0 Å². The predicted octanol–water partition coefficient (Wildman–Crippen LogP) is 1.94. The van der Waals surface area contributed by atoms with Crippen LogP contribution >= 0.6 is 11.3 Å². The highest BCUT2D eigenvalue weighted by Gasteiger charge is 2.24. The molecule has 1 aliphatic heterocycles. The summed E-state index contributed by atoms with van der Waals surface area (Å²) in [7, 11) is 0. The predicted molar refractivity (Wildman–Crippen MR) is 88.4 cm³/mol. The van der Waals surface area contributed by atoms with Crippen LogP contribution in [0.4, 0.5) is 0 Å². The fourth-order valence-electron chi connectivity index (χ4n) is 2.86. The summed E-state index contributed by atoms with van der Waals surface area (Å²) in [6.45, 7) is 11.7. The summed E-state index contributed by atoms with van der Waals surface area (Å²) in [5.74, 6) is 0.185. The average molecular weight is 307 g/mol. The highest BCUT2D eigenvalue weighted by molar-refractivity contribution is 7.09. The number of nitrogens with zero attached hydrogens (tertiary/aromatic N) is 2. The molecular weight excluding hydrogens is 282 g/mol. The number of amides is 1. The second-order valence-electron chi connectivity index (χ2n) is 5.81. The fourth-order valence-corrected chi connectivity index (χ4v) is 3.58. The van der Waals surface area contributed by atoms with Gasteiger partial charge in [-0.1, -0.05) is 12.1 Å². The van der Waals surface area contributed by atoms with Crippen molar-refractivity contribution in [2.45, 2.75) is 32.5 Å². The molecule has 0 spiro atoms. The minimum atomic E-state index is 0.185. The zero-order valence-corrected chi connectivity index (χ0v) is 13.7. The van der Waals surface area contributed by atoms with E-state index in [0.717, 1.165) is 13.1 Å². The van der Waals surface area contributed by atoms with Gasteiger partial charge in [0.05, 0.1) is 13.1 Å². The molecule has 21 heavy (non-hydrogen) atoms. The first-order chi connectivity index (χ1) is 10.1. The van der Waals surface area contributed by atoms with Crippen molar-refractivity contribution in [3.05, 3.63) is 35.0 Å². The average Bonchev–Trinajstić information content (AvgIpc) is 2.89. The van der Waals surface area contributed by atoms with Crippen LogP contribution in [0.5, 0.6) is 0 Å². The standard InChI is InChI=1S/C16H25N3OS/c1-4-7-19(11-15-6-5-8-21-15)16(20)12-18-9-13(2)17-14(3)10-18/h4-6,8,13-14,17H,1,7,9-12H2,2-3H3. The Kier molecular flexibility index (Phi) is 5.96. The van der Waals surface area contributed by atoms with E-state index in [-0.39, 0.29) is 5.91 Å². The molecule has 1 fully saturated rings. The van der Waals surface area contributed by atoms with Gasteiger partial charge in [-0.25, -0.2) is 0 Å². The van der Waals surface area contributed by atoms with Gasteiger partial charge in [-0.15, -0.1) is 17.9 Å². The van der Waals surface area contributed by atoms with Crippen molar-refractivity contribution < 1.29 is 4.79 Å². The van der Waals surface area contributed by atoms with Gasteiger partial charge in [0, 0.05) is 36.6 Å². The Morgan fingerprint density at radius 3 is 2.81 bits per heavy atom. The van der Waals surface area contributed by atoms with Crippen LogP contribution < -0.4 is 5.32 Å². The Bertz CT molecular complexity index is 450. The third-order valence-corrected chi connectivity index (χ3v) is 4.48. The first-order valence-electron chi connectivity index (χ1n) is 7.48. The summed E-state index contributed by atoms with van der Waals surface area (Å²) >= 11 is 1.69. The van der Waals surface area contributed by atoms with Crippen molar-refractivity contribution in [3.63, 3.8) is 0 Å². The van der Waals surface area contributed by atoms with Crippen LogP contribution in [0.3, 0.4) is 0 Å². The van der Waals surface area contributed by atoms with Crippen LogP contribution in [0.2, 0.25) is 0 Å². The molecule has 2 atom stereocenters. The summed E-state index contributed by atoms with van der Waals surface area (Å²) in [5, 5.41) is 5.54. The van der Waals surface area contributed by atoms with Gasteiger partial charge in [0.2, 0.25) is 5.91 Å². The Morgan fingerprint density at radius 2 is 2.24 bits per heavy atom. The van der Waals surface area contributed by atoms with Gasteiger partial charge in [0.25, 0.3) is 0 Å². The van der Waals surface area contributed by atoms with E-state index in [0.29, 0.717) is 31.7 Å². The van der Waals surface area contributed by atoms with Gasteiger partial charge in [0.15, 0.2) is 0 Å². The molecule has 1 aromatic rings. The minimum absolute atomic E-state index is 0.185. The SMILES string of the molecule is C=CCN(Cc1cccs1)C(=O)CN1CC(C)NC(C)C1. The van der Waals surface area contributed by atoms with Crippen molar-refractivity contribution >= 4 is 17.2 Å². The van der Waals surface area contributed by atoms with E-state index < -0.39 is 0 Å². The molecule has 0 aliphatic carbocycles. The number of hydrogen-bond acceptors (Lipinski definition) is 4. The van der Waals surface area contributed by atoms with Crippen molar-refractivity contribution in [2.75, 3.05) is 26.2 Å². The monoisotopic (exact) mass is 307 g/mol. The van der Waals surface area contributed by atoms with E-state index >= 15 is 0 Å². The minimum Gasteiger partial charge on any atom is -0.333 e. The molecule has 2 rings (SSSR count). The van der Waals surface area contributed by atoms with Crippen LogP contribution in [0, 0.1) is 0 Å². The van der Waals surface area contributed by atoms with E-state index in [1.54, 1.807) is 17.4 Å². The molecule has 1 N–H and O–H groups in total. The quantitative estimate of drug-likeness (QED) is 0.816. The molecule has 5 heteroatoms. The molecule has 0 bridgehead atoms. The number of nitrogens with one attached hydrogen (secondary N) is 1. The van der Waals surface area contributed by atoms with E-state index in [1.165, 1.54) is 4.88 Å². The lowest BCUT2D eigenvalue weighted by Gasteiger charge is -2.36. The number of carbonyl (C=O) groups excluding carboxylic acids is 1. The number of hydrogen-bond donors (Lipinski definition) is 1. The first-order valence-corrected chi connectivity index (χ1v) is 8.36. The number of rotatable bonds is 6. The highest BCUT2D eigenvalue weighted by Crippen LogP contribution is 2.13. The Balaban J connectivity index is 1.93. The highest BCUT2D eigenvalue weighted by atomic mass is 32.1. The molecule has 0 radical (unpaired) electrons. The second kappa shape index (κ2) is 7.73. The van der Waals surface area contributed by atoms with E-state index in [1.807, 2.05) is 16.3 Å². The third-order valence-electron chi connectivity index (χ3n) is 3.62. The normalized spacial score (nSPS) is 23.0. The summed E-state index contributed by atoms with van der Waals surface area (Å²) in [6.07, 6.45) is 1.80. The van der Waals surface area contributed by atoms with Crippen LogP contribution in [0.1, 0.15) is 18.7 Å². The van der Waals surface area contributed by atoms with Crippen molar-refractivity contribution in [1.29, 1.82) is 0 Å². The molecule has 2 heterocycles. The zero-order chi connectivity index (χ0) is 15.2. The first kappa shape index (κ1) is 16.2. The smallest absolute Gasteiger partial charge is 0.237 e.